The van der Waals surface area contributed by atoms with Crippen molar-refractivity contribution < 1.29 is 35.8 Å². The number of benzene rings is 4. The summed E-state index contributed by atoms with van der Waals surface area (Å²) in [7, 11) is -2.15. The number of nitrogens with zero attached hydrogens (tertiary/aromatic N) is 7. The number of hydrogen-bond donors (Lipinski definition) is 7. The molecule has 23 heteroatoms. The first-order valence-corrected chi connectivity index (χ1v) is 28.2. The van der Waals surface area contributed by atoms with Crippen LogP contribution in [0.1, 0.15) is 56.4 Å². The van der Waals surface area contributed by atoms with Crippen molar-refractivity contribution in [3.05, 3.63) is 193 Å². The Morgan fingerprint density at radius 1 is 0.538 bits per heavy atom. The number of aliphatic hydroxyl groups excluding tert-OH is 2. The Bertz CT molecular complexity index is 3360. The summed E-state index contributed by atoms with van der Waals surface area (Å²) in [4.78, 5) is 25.3. The normalized spacial score (nSPS) is 14.9. The topological polar surface area (TPSA) is 249 Å². The van der Waals surface area contributed by atoms with Gasteiger partial charge in [-0.2, -0.15) is 14.3 Å². The van der Waals surface area contributed by atoms with Gasteiger partial charge in [0, 0.05) is 83.7 Å². The Morgan fingerprint density at radius 2 is 0.936 bits per heavy atom. The predicted octanol–water partition coefficient (Wildman–Crippen LogP) is 10.4. The van der Waals surface area contributed by atoms with Crippen LogP contribution in [0.5, 0.6) is 0 Å². The van der Waals surface area contributed by atoms with Crippen LogP contribution in [0.15, 0.2) is 180 Å². The van der Waals surface area contributed by atoms with Gasteiger partial charge in [-0.25, -0.2) is 35.6 Å². The second-order valence-corrected chi connectivity index (χ2v) is 22.3. The van der Waals surface area contributed by atoms with Crippen LogP contribution in [-0.4, -0.2) is 87.4 Å². The molecular formula is C55H59ClF2N12O6S2. The average molecular weight is 1120 g/mol. The molecule has 6 heterocycles. The summed E-state index contributed by atoms with van der Waals surface area (Å²) in [6, 6.07) is 34.9. The quantitative estimate of drug-likeness (QED) is 0.0472. The van der Waals surface area contributed by atoms with Crippen molar-refractivity contribution in [1.82, 2.24) is 39.5 Å². The lowest BCUT2D eigenvalue weighted by molar-refractivity contribution is 0.0758. The molecule has 8 aromatic rings. The van der Waals surface area contributed by atoms with Gasteiger partial charge in [0.2, 0.25) is 21.9 Å². The maximum Gasteiger partial charge on any atom is 0.261 e. The highest BCUT2D eigenvalue weighted by Crippen LogP contribution is 2.33. The Kier molecular flexibility index (Phi) is 20.6. The molecule has 4 aromatic carbocycles. The molecule has 2 aliphatic heterocycles. The van der Waals surface area contributed by atoms with Crippen molar-refractivity contribution in [2.45, 2.75) is 55.1 Å². The maximum absolute atomic E-state index is 13.2. The van der Waals surface area contributed by atoms with Crippen molar-refractivity contribution in [3.63, 3.8) is 0 Å². The third kappa shape index (κ3) is 16.7. The first kappa shape index (κ1) is 58.1. The number of pyridine rings is 2. The van der Waals surface area contributed by atoms with Gasteiger partial charge in [-0.1, -0.05) is 19.6 Å². The molecule has 4 aromatic heterocycles. The largest absolute Gasteiger partial charge is 0.388 e. The fourth-order valence-electron chi connectivity index (χ4n) is 8.40. The number of rotatable bonds is 15. The fraction of sp³-hybridized carbons (Fsp3) is 0.236. The lowest BCUT2D eigenvalue weighted by Crippen LogP contribution is -2.39. The van der Waals surface area contributed by atoms with Gasteiger partial charge in [0.1, 0.15) is 23.3 Å². The summed E-state index contributed by atoms with van der Waals surface area (Å²) < 4.78 is 76.4. The van der Waals surface area contributed by atoms with Crippen molar-refractivity contribution in [2.75, 3.05) is 47.4 Å². The molecule has 2 unspecified atom stereocenters. The molecule has 0 radical (unpaired) electrons. The van der Waals surface area contributed by atoms with Crippen LogP contribution in [0.3, 0.4) is 0 Å². The van der Waals surface area contributed by atoms with Gasteiger partial charge >= 0.3 is 0 Å². The van der Waals surface area contributed by atoms with Crippen LogP contribution in [0.4, 0.5) is 55.1 Å². The van der Waals surface area contributed by atoms with E-state index in [2.05, 4.69) is 56.5 Å². The van der Waals surface area contributed by atoms with E-state index in [-0.39, 0.29) is 40.9 Å². The Labute approximate surface area is 457 Å². The summed E-state index contributed by atoms with van der Waals surface area (Å²) >= 11 is 0. The molecule has 78 heavy (non-hydrogen) atoms. The number of hydrogen-bond acceptors (Lipinski definition) is 17. The second-order valence-electron chi connectivity index (χ2n) is 17.8. The van der Waals surface area contributed by atoms with Crippen LogP contribution in [0.25, 0.3) is 0 Å². The molecule has 0 amide bonds. The van der Waals surface area contributed by atoms with E-state index in [1.165, 1.54) is 40.7 Å². The zero-order chi connectivity index (χ0) is 54.2. The minimum atomic E-state index is -3.76. The lowest BCUT2D eigenvalue weighted by Gasteiger charge is -2.33. The third-order valence-electron chi connectivity index (χ3n) is 12.5. The van der Waals surface area contributed by atoms with Gasteiger partial charge in [0.25, 0.3) is 9.05 Å². The van der Waals surface area contributed by atoms with E-state index in [0.29, 0.717) is 78.1 Å². The number of piperidine rings is 2. The number of anilines is 8. The van der Waals surface area contributed by atoms with E-state index >= 15 is 0 Å². The zero-order valence-corrected chi connectivity index (χ0v) is 43.6. The highest BCUT2D eigenvalue weighted by Gasteiger charge is 2.33. The number of sulfonamides is 1. The van der Waals surface area contributed by atoms with Gasteiger partial charge in [0.05, 0.1) is 22.0 Å². The summed E-state index contributed by atoms with van der Waals surface area (Å²) in [6.45, 7) is 2.71. The van der Waals surface area contributed by atoms with Gasteiger partial charge < -0.3 is 36.8 Å². The van der Waals surface area contributed by atoms with E-state index in [0.717, 1.165) is 37.1 Å². The van der Waals surface area contributed by atoms with E-state index in [9.17, 15) is 35.8 Å². The molecule has 2 fully saturated rings. The van der Waals surface area contributed by atoms with E-state index < -0.39 is 25.2 Å². The van der Waals surface area contributed by atoms with Gasteiger partial charge in [-0.15, -0.1) is 0 Å². The summed E-state index contributed by atoms with van der Waals surface area (Å²) in [5.41, 5.74) is 4.28. The molecule has 0 spiro atoms. The van der Waals surface area contributed by atoms with Crippen LogP contribution in [-0.2, 0) is 19.1 Å². The minimum absolute atomic E-state index is 0. The van der Waals surface area contributed by atoms with Gasteiger partial charge in [-0.05, 0) is 183 Å². The standard InChI is InChI=1S/C27H27FN6O3S.C16H12ClFN4O2S.C11H16N2O.CH4/c28-21-3-5-22(6-4-21)31-25-11-15-30-27(33-25)32-23-7-9-24(10-8-23)38(36,37)34-16-12-19(13-17-34)26(35)20-2-1-14-29-18-20;17-25(23,24)14-7-5-13(6-8-14)21-16-19-10-9-15(22-16)20-12-3-1-11(18)2-4-12;14-11(9-3-6-12-7-4-9)10-2-1-5-13-8-10;/h1-11,14-15,18-19,26,35H,12-13,16-17H2,(H2,30,31,32,33);1-10H,(H2,19,20,21,22);1-2,5,8-9,11-12,14H,3-4,6-7H2;1H4. The zero-order valence-electron chi connectivity index (χ0n) is 41.2. The third-order valence-corrected chi connectivity index (χ3v) is 15.8. The predicted molar refractivity (Wildman–Crippen MR) is 298 cm³/mol. The number of aromatic nitrogens is 6. The number of nitrogens with one attached hydrogen (secondary N) is 5. The molecule has 7 N–H and O–H groups in total. The summed E-state index contributed by atoms with van der Waals surface area (Å²) in [5.74, 6) is 1.39. The molecule has 2 aliphatic rings. The SMILES string of the molecule is C.O=S(=O)(Cl)c1ccc(Nc2nccc(Nc3ccc(F)cc3)n2)cc1.O=S(=O)(c1ccc(Nc2nccc(Nc3ccc(F)cc3)n2)cc1)N1CCC(C(O)c2cccnc2)CC1.OC(c1cccnc1)C1CCNCC1. The Morgan fingerprint density at radius 3 is 1.35 bits per heavy atom. The van der Waals surface area contributed by atoms with E-state index in [1.807, 2.05) is 18.2 Å². The first-order chi connectivity index (χ1) is 37.2. The lowest BCUT2D eigenvalue weighted by atomic mass is 9.89. The Balaban J connectivity index is 0.000000188. The van der Waals surface area contributed by atoms with Gasteiger partial charge in [0.15, 0.2) is 0 Å². The van der Waals surface area contributed by atoms with Crippen LogP contribution >= 0.6 is 10.7 Å². The van der Waals surface area contributed by atoms with Crippen molar-refractivity contribution in [3.8, 4) is 0 Å². The van der Waals surface area contributed by atoms with Crippen LogP contribution in [0, 0.1) is 23.5 Å². The smallest absolute Gasteiger partial charge is 0.261 e. The molecule has 18 nitrogen and oxygen atoms in total. The first-order valence-electron chi connectivity index (χ1n) is 24.4. The number of halogens is 3. The average Bonchev–Trinajstić information content (AvgIpc) is 3.45. The van der Waals surface area contributed by atoms with Crippen molar-refractivity contribution in [2.24, 2.45) is 11.8 Å². The van der Waals surface area contributed by atoms with E-state index in [1.54, 1.807) is 116 Å². The summed E-state index contributed by atoms with van der Waals surface area (Å²) in [6.07, 6.45) is 12.2. The van der Waals surface area contributed by atoms with Crippen molar-refractivity contribution >= 4 is 76.0 Å². The van der Waals surface area contributed by atoms with Crippen LogP contribution < -0.4 is 26.6 Å². The maximum atomic E-state index is 13.2. The molecule has 0 bridgehead atoms. The molecule has 0 aliphatic carbocycles. The second kappa shape index (κ2) is 27.7. The molecule has 408 valence electrons. The highest BCUT2D eigenvalue weighted by atomic mass is 35.7. The van der Waals surface area contributed by atoms with Gasteiger partial charge in [-0.3, -0.25) is 9.97 Å². The molecule has 10 rings (SSSR count). The highest BCUT2D eigenvalue weighted by molar-refractivity contribution is 8.13. The fourth-order valence-corrected chi connectivity index (χ4v) is 10.6. The van der Waals surface area contributed by atoms with Crippen molar-refractivity contribution in [1.29, 1.82) is 0 Å². The molecular weight excluding hydrogens is 1060 g/mol. The molecule has 2 atom stereocenters. The van der Waals surface area contributed by atoms with Crippen LogP contribution in [0.2, 0.25) is 0 Å². The van der Waals surface area contributed by atoms with E-state index in [4.69, 9.17) is 10.7 Å². The molecule has 2 saturated heterocycles. The summed E-state index contributed by atoms with van der Waals surface area (Å²) in [5, 5.41) is 36.2. The molecule has 0 saturated carbocycles. The minimum Gasteiger partial charge on any atom is -0.388 e. The number of aliphatic hydroxyl groups is 2. The Hall–Kier alpha value is -7.57. The monoisotopic (exact) mass is 1120 g/mol.